The molecule has 5 heteroatoms. The summed E-state index contributed by atoms with van der Waals surface area (Å²) in [7, 11) is 3.89. The molecule has 1 amide bonds. The number of likely N-dealkylation sites (N-methyl/N-ethyl adjacent to an activating group) is 1. The van der Waals surface area contributed by atoms with Crippen LogP contribution in [-0.4, -0.2) is 60.1 Å². The highest BCUT2D eigenvalue weighted by molar-refractivity contribution is 7.09. The fourth-order valence-electron chi connectivity index (χ4n) is 2.63. The van der Waals surface area contributed by atoms with Gasteiger partial charge in [0.05, 0.1) is 12.1 Å². The summed E-state index contributed by atoms with van der Waals surface area (Å²) in [6.07, 6.45) is 2.02. The summed E-state index contributed by atoms with van der Waals surface area (Å²) in [5.74, 6) is 0.156. The zero-order valence-electron chi connectivity index (χ0n) is 11.6. The molecule has 1 aliphatic rings. The largest absolute Gasteiger partial charge is 0.387 e. The number of aliphatic hydroxyl groups is 1. The fraction of sp³-hybridized carbons (Fsp3) is 0.643. The maximum atomic E-state index is 12.1. The molecule has 0 spiro atoms. The highest BCUT2D eigenvalue weighted by Gasteiger charge is 2.38. The van der Waals surface area contributed by atoms with E-state index in [-0.39, 0.29) is 5.91 Å². The lowest BCUT2D eigenvalue weighted by atomic mass is 10.0. The molecule has 0 bridgehead atoms. The summed E-state index contributed by atoms with van der Waals surface area (Å²) in [6.45, 7) is 1.75. The van der Waals surface area contributed by atoms with Gasteiger partial charge in [-0.2, -0.15) is 0 Å². The Hall–Kier alpha value is -0.910. The van der Waals surface area contributed by atoms with Crippen molar-refractivity contribution in [1.82, 2.24) is 9.80 Å². The van der Waals surface area contributed by atoms with Gasteiger partial charge in [-0.3, -0.25) is 4.79 Å². The van der Waals surface area contributed by atoms with Crippen molar-refractivity contribution in [2.24, 2.45) is 0 Å². The lowest BCUT2D eigenvalue weighted by Gasteiger charge is -2.26. The lowest BCUT2D eigenvalue weighted by Crippen LogP contribution is -2.43. The third-order valence-corrected chi connectivity index (χ3v) is 4.40. The van der Waals surface area contributed by atoms with Crippen LogP contribution in [0.25, 0.3) is 0 Å². The predicted molar refractivity (Wildman–Crippen MR) is 77.3 cm³/mol. The summed E-state index contributed by atoms with van der Waals surface area (Å²) in [4.78, 5) is 17.1. The zero-order chi connectivity index (χ0) is 13.9. The number of carbonyl (C=O) groups excluding carboxylic acids is 1. The monoisotopic (exact) mass is 282 g/mol. The van der Waals surface area contributed by atoms with Gasteiger partial charge in [0, 0.05) is 24.4 Å². The SMILES string of the molecule is CN(C)CC1(O)CCN(C(=O)CCc2cccs2)C1. The van der Waals surface area contributed by atoms with Crippen LogP contribution in [0.3, 0.4) is 0 Å². The number of thiophene rings is 1. The molecular weight excluding hydrogens is 260 g/mol. The number of likely N-dealkylation sites (tertiary alicyclic amines) is 1. The summed E-state index contributed by atoms with van der Waals surface area (Å²) in [5, 5.41) is 12.4. The van der Waals surface area contributed by atoms with Crippen LogP contribution in [0.5, 0.6) is 0 Å². The molecule has 1 unspecified atom stereocenters. The maximum Gasteiger partial charge on any atom is 0.223 e. The Morgan fingerprint density at radius 3 is 3.00 bits per heavy atom. The number of hydrogen-bond donors (Lipinski definition) is 1. The summed E-state index contributed by atoms with van der Waals surface area (Å²) < 4.78 is 0. The quantitative estimate of drug-likeness (QED) is 0.883. The third kappa shape index (κ3) is 4.03. The average Bonchev–Trinajstić information content (AvgIpc) is 2.94. The molecule has 1 N–H and O–H groups in total. The van der Waals surface area contributed by atoms with Crippen molar-refractivity contribution < 1.29 is 9.90 Å². The van der Waals surface area contributed by atoms with Gasteiger partial charge in [-0.05, 0) is 38.4 Å². The van der Waals surface area contributed by atoms with E-state index < -0.39 is 5.60 Å². The van der Waals surface area contributed by atoms with Crippen molar-refractivity contribution >= 4 is 17.2 Å². The van der Waals surface area contributed by atoms with Gasteiger partial charge in [0.15, 0.2) is 0 Å². The van der Waals surface area contributed by atoms with Gasteiger partial charge in [-0.25, -0.2) is 0 Å². The van der Waals surface area contributed by atoms with Crippen LogP contribution in [0.1, 0.15) is 17.7 Å². The molecule has 106 valence electrons. The molecule has 2 heterocycles. The summed E-state index contributed by atoms with van der Waals surface area (Å²) >= 11 is 1.69. The lowest BCUT2D eigenvalue weighted by molar-refractivity contribution is -0.131. The van der Waals surface area contributed by atoms with E-state index in [1.165, 1.54) is 4.88 Å². The Morgan fingerprint density at radius 2 is 2.37 bits per heavy atom. The highest BCUT2D eigenvalue weighted by atomic mass is 32.1. The zero-order valence-corrected chi connectivity index (χ0v) is 12.4. The van der Waals surface area contributed by atoms with Crippen molar-refractivity contribution in [1.29, 1.82) is 0 Å². The van der Waals surface area contributed by atoms with E-state index in [1.807, 2.05) is 30.4 Å². The number of nitrogens with zero attached hydrogens (tertiary/aromatic N) is 2. The smallest absolute Gasteiger partial charge is 0.223 e. The van der Waals surface area contributed by atoms with Gasteiger partial charge in [0.1, 0.15) is 0 Å². The Balaban J connectivity index is 1.81. The molecule has 4 nitrogen and oxygen atoms in total. The predicted octanol–water partition coefficient (Wildman–Crippen LogP) is 1.21. The topological polar surface area (TPSA) is 43.8 Å². The Bertz CT molecular complexity index is 419. The summed E-state index contributed by atoms with van der Waals surface area (Å²) in [5.41, 5.74) is -0.734. The number of amides is 1. The molecule has 1 fully saturated rings. The molecule has 0 saturated carbocycles. The molecule has 19 heavy (non-hydrogen) atoms. The van der Waals surface area contributed by atoms with Crippen LogP contribution < -0.4 is 0 Å². The van der Waals surface area contributed by atoms with Crippen LogP contribution in [-0.2, 0) is 11.2 Å². The van der Waals surface area contributed by atoms with Crippen molar-refractivity contribution in [2.45, 2.75) is 24.9 Å². The van der Waals surface area contributed by atoms with Crippen LogP contribution >= 0.6 is 11.3 Å². The van der Waals surface area contributed by atoms with Crippen molar-refractivity contribution in [3.8, 4) is 0 Å². The van der Waals surface area contributed by atoms with Gasteiger partial charge in [-0.1, -0.05) is 6.07 Å². The van der Waals surface area contributed by atoms with Gasteiger partial charge in [-0.15, -0.1) is 11.3 Å². The van der Waals surface area contributed by atoms with Gasteiger partial charge in [0.2, 0.25) is 5.91 Å². The molecule has 2 rings (SSSR count). The van der Waals surface area contributed by atoms with E-state index in [2.05, 4.69) is 6.07 Å². The second-order valence-electron chi connectivity index (χ2n) is 5.61. The molecule has 1 aliphatic heterocycles. The van der Waals surface area contributed by atoms with E-state index in [1.54, 1.807) is 16.2 Å². The van der Waals surface area contributed by atoms with Crippen LogP contribution in [0.4, 0.5) is 0 Å². The highest BCUT2D eigenvalue weighted by Crippen LogP contribution is 2.23. The van der Waals surface area contributed by atoms with Gasteiger partial charge < -0.3 is 14.9 Å². The van der Waals surface area contributed by atoms with Crippen molar-refractivity contribution in [2.75, 3.05) is 33.7 Å². The first kappa shape index (κ1) is 14.5. The van der Waals surface area contributed by atoms with E-state index >= 15 is 0 Å². The fourth-order valence-corrected chi connectivity index (χ4v) is 3.34. The van der Waals surface area contributed by atoms with Crippen LogP contribution in [0.2, 0.25) is 0 Å². The number of aryl methyl sites for hydroxylation is 1. The minimum Gasteiger partial charge on any atom is -0.387 e. The summed E-state index contributed by atoms with van der Waals surface area (Å²) in [6, 6.07) is 4.07. The number of β-amino-alcohol motifs (C(OH)–C–C–N with tert-alkyl or cyclic N) is 1. The molecule has 0 radical (unpaired) electrons. The Labute approximate surface area is 118 Å². The minimum atomic E-state index is -0.734. The number of carbonyl (C=O) groups is 1. The molecule has 0 aromatic carbocycles. The number of rotatable bonds is 5. The number of hydrogen-bond acceptors (Lipinski definition) is 4. The second kappa shape index (κ2) is 6.03. The first-order valence-electron chi connectivity index (χ1n) is 6.66. The molecule has 1 aromatic heterocycles. The van der Waals surface area contributed by atoms with Gasteiger partial charge >= 0.3 is 0 Å². The molecule has 0 aliphatic carbocycles. The van der Waals surface area contributed by atoms with Crippen molar-refractivity contribution in [3.05, 3.63) is 22.4 Å². The maximum absolute atomic E-state index is 12.1. The van der Waals surface area contributed by atoms with E-state index in [4.69, 9.17) is 0 Å². The Morgan fingerprint density at radius 1 is 1.58 bits per heavy atom. The second-order valence-corrected chi connectivity index (χ2v) is 6.64. The van der Waals surface area contributed by atoms with Crippen molar-refractivity contribution in [3.63, 3.8) is 0 Å². The standard InChI is InChI=1S/C14H22N2O2S/c1-15(2)10-14(18)7-8-16(11-14)13(17)6-5-12-4-3-9-19-12/h3-4,9,18H,5-8,10-11H2,1-2H3. The molecule has 1 atom stereocenters. The van der Waals surface area contributed by atoms with Crippen LogP contribution in [0, 0.1) is 0 Å². The normalized spacial score (nSPS) is 23.3. The van der Waals surface area contributed by atoms with E-state index in [0.29, 0.717) is 32.5 Å². The Kier molecular flexibility index (Phi) is 4.60. The average molecular weight is 282 g/mol. The first-order chi connectivity index (χ1) is 8.98. The van der Waals surface area contributed by atoms with E-state index in [9.17, 15) is 9.90 Å². The third-order valence-electron chi connectivity index (χ3n) is 3.46. The molecular formula is C14H22N2O2S. The van der Waals surface area contributed by atoms with Crippen LogP contribution in [0.15, 0.2) is 17.5 Å². The van der Waals surface area contributed by atoms with E-state index in [0.717, 1.165) is 6.42 Å². The molecule has 1 saturated heterocycles. The first-order valence-corrected chi connectivity index (χ1v) is 7.54. The minimum absolute atomic E-state index is 0.156. The van der Waals surface area contributed by atoms with Gasteiger partial charge in [0.25, 0.3) is 0 Å². The molecule has 1 aromatic rings.